The third-order valence-corrected chi connectivity index (χ3v) is 3.16. The second-order valence-corrected chi connectivity index (χ2v) is 4.65. The Kier molecular flexibility index (Phi) is 5.60. The van der Waals surface area contributed by atoms with Crippen LogP contribution in [0.25, 0.3) is 0 Å². The molecule has 19 heavy (non-hydrogen) atoms. The predicted octanol–water partition coefficient (Wildman–Crippen LogP) is 2.31. The molecule has 1 N–H and O–H groups in total. The largest absolute Gasteiger partial charge is 0.497 e. The van der Waals surface area contributed by atoms with Gasteiger partial charge in [-0.1, -0.05) is 11.6 Å². The van der Waals surface area contributed by atoms with Gasteiger partial charge in [0, 0.05) is 12.1 Å². The maximum atomic E-state index is 11.5. The zero-order valence-electron chi connectivity index (χ0n) is 11.1. The molecule has 6 heteroatoms. The lowest BCUT2D eigenvalue weighted by Crippen LogP contribution is -2.38. The molecule has 0 saturated heterocycles. The molecule has 0 heterocycles. The minimum absolute atomic E-state index is 0.0183. The zero-order chi connectivity index (χ0) is 14.5. The fraction of sp³-hybridized carbons (Fsp3) is 0.462. The summed E-state index contributed by atoms with van der Waals surface area (Å²) in [4.78, 5) is 11.5. The Bertz CT molecular complexity index is 449. The summed E-state index contributed by atoms with van der Waals surface area (Å²) in [6.45, 7) is 1.51. The molecule has 0 saturated carbocycles. The van der Waals surface area contributed by atoms with Crippen LogP contribution in [-0.4, -0.2) is 38.7 Å². The number of hydrogen-bond acceptors (Lipinski definition) is 4. The predicted molar refractivity (Wildman–Crippen MR) is 70.8 cm³/mol. The van der Waals surface area contributed by atoms with E-state index in [1.807, 2.05) is 0 Å². The third kappa shape index (κ3) is 3.59. The van der Waals surface area contributed by atoms with Gasteiger partial charge in [0.1, 0.15) is 18.0 Å². The average molecular weight is 289 g/mol. The van der Waals surface area contributed by atoms with E-state index in [9.17, 15) is 9.90 Å². The lowest BCUT2D eigenvalue weighted by atomic mass is 9.83. The van der Waals surface area contributed by atoms with Crippen LogP contribution in [-0.2, 0) is 19.7 Å². The van der Waals surface area contributed by atoms with Gasteiger partial charge >= 0.3 is 5.97 Å². The minimum Gasteiger partial charge on any atom is -0.497 e. The van der Waals surface area contributed by atoms with Crippen LogP contribution in [0, 0.1) is 0 Å². The van der Waals surface area contributed by atoms with Crippen molar-refractivity contribution in [2.45, 2.75) is 12.3 Å². The van der Waals surface area contributed by atoms with Crippen LogP contribution in [0.3, 0.4) is 0 Å². The SMILES string of the molecule is COCOC[C@](C)(C(=O)O)c1cc(OC)ccc1Cl. The molecular weight excluding hydrogens is 272 g/mol. The number of rotatable bonds is 7. The molecule has 1 atom stereocenters. The molecule has 5 nitrogen and oxygen atoms in total. The number of carbonyl (C=O) groups is 1. The van der Waals surface area contributed by atoms with Gasteiger partial charge in [-0.2, -0.15) is 0 Å². The van der Waals surface area contributed by atoms with Crippen LogP contribution < -0.4 is 4.74 Å². The molecule has 1 aromatic rings. The van der Waals surface area contributed by atoms with Crippen LogP contribution in [0.4, 0.5) is 0 Å². The number of carboxylic acids is 1. The van der Waals surface area contributed by atoms with E-state index in [1.54, 1.807) is 25.1 Å². The maximum Gasteiger partial charge on any atom is 0.316 e. The Hall–Kier alpha value is -1.30. The molecule has 0 amide bonds. The van der Waals surface area contributed by atoms with Crippen molar-refractivity contribution in [2.24, 2.45) is 0 Å². The molecule has 0 bridgehead atoms. The van der Waals surface area contributed by atoms with Crippen molar-refractivity contribution >= 4 is 17.6 Å². The first-order valence-corrected chi connectivity index (χ1v) is 5.97. The van der Waals surface area contributed by atoms with Crippen LogP contribution in [0.1, 0.15) is 12.5 Å². The third-order valence-electron chi connectivity index (χ3n) is 2.83. The Morgan fingerprint density at radius 2 is 2.11 bits per heavy atom. The molecule has 0 aliphatic carbocycles. The van der Waals surface area contributed by atoms with Gasteiger partial charge < -0.3 is 19.3 Å². The van der Waals surface area contributed by atoms with Gasteiger partial charge in [0.2, 0.25) is 0 Å². The molecule has 0 radical (unpaired) electrons. The fourth-order valence-electron chi connectivity index (χ4n) is 1.64. The van der Waals surface area contributed by atoms with Gasteiger partial charge in [0.25, 0.3) is 0 Å². The monoisotopic (exact) mass is 288 g/mol. The fourth-order valence-corrected chi connectivity index (χ4v) is 1.96. The summed E-state index contributed by atoms with van der Waals surface area (Å²) in [5.74, 6) is -0.489. The van der Waals surface area contributed by atoms with E-state index in [-0.39, 0.29) is 13.4 Å². The topological polar surface area (TPSA) is 65.0 Å². The van der Waals surface area contributed by atoms with Crippen molar-refractivity contribution < 1.29 is 24.1 Å². The van der Waals surface area contributed by atoms with Crippen molar-refractivity contribution in [3.63, 3.8) is 0 Å². The van der Waals surface area contributed by atoms with Crippen molar-refractivity contribution in [3.05, 3.63) is 28.8 Å². The highest BCUT2D eigenvalue weighted by molar-refractivity contribution is 6.31. The van der Waals surface area contributed by atoms with E-state index in [2.05, 4.69) is 0 Å². The van der Waals surface area contributed by atoms with Crippen LogP contribution >= 0.6 is 11.6 Å². The quantitative estimate of drug-likeness (QED) is 0.616. The molecule has 0 aliphatic heterocycles. The van der Waals surface area contributed by atoms with Gasteiger partial charge in [-0.25, -0.2) is 0 Å². The van der Waals surface area contributed by atoms with Gasteiger partial charge in [-0.15, -0.1) is 0 Å². The highest BCUT2D eigenvalue weighted by atomic mass is 35.5. The normalized spacial score (nSPS) is 13.9. The van der Waals surface area contributed by atoms with Gasteiger partial charge in [-0.05, 0) is 30.7 Å². The van der Waals surface area contributed by atoms with Gasteiger partial charge in [0.05, 0.1) is 13.7 Å². The van der Waals surface area contributed by atoms with Crippen molar-refractivity contribution in [2.75, 3.05) is 27.6 Å². The van der Waals surface area contributed by atoms with E-state index in [0.29, 0.717) is 16.3 Å². The first kappa shape index (κ1) is 15.8. The molecular formula is C13H17ClO5. The Morgan fingerprint density at radius 1 is 1.42 bits per heavy atom. The summed E-state index contributed by atoms with van der Waals surface area (Å²) in [6.07, 6.45) is 0. The number of ether oxygens (including phenoxy) is 3. The second kappa shape index (κ2) is 6.75. The van der Waals surface area contributed by atoms with Crippen LogP contribution in [0.5, 0.6) is 5.75 Å². The number of methoxy groups -OCH3 is 2. The molecule has 0 fully saturated rings. The summed E-state index contributed by atoms with van der Waals surface area (Å²) in [5, 5.41) is 9.81. The number of aliphatic carboxylic acids is 1. The van der Waals surface area contributed by atoms with E-state index in [0.717, 1.165) is 0 Å². The number of carboxylic acid groups (broad SMARTS) is 1. The Balaban J connectivity index is 3.13. The number of benzene rings is 1. The standard InChI is InChI=1S/C13H17ClO5/c1-13(12(15)16,7-19-8-17-2)10-6-9(18-3)4-5-11(10)14/h4-6H,7-8H2,1-3H3,(H,15,16)/t13-/m0/s1. The van der Waals surface area contributed by atoms with E-state index in [1.165, 1.54) is 14.2 Å². The summed E-state index contributed by atoms with van der Waals surface area (Å²) in [7, 11) is 2.98. The van der Waals surface area contributed by atoms with E-state index < -0.39 is 11.4 Å². The lowest BCUT2D eigenvalue weighted by Gasteiger charge is -2.26. The highest BCUT2D eigenvalue weighted by Crippen LogP contribution is 2.33. The maximum absolute atomic E-state index is 11.5. The van der Waals surface area contributed by atoms with Gasteiger partial charge in [0.15, 0.2) is 0 Å². The summed E-state index contributed by atoms with van der Waals surface area (Å²) < 4.78 is 15.0. The summed E-state index contributed by atoms with van der Waals surface area (Å²) >= 11 is 6.09. The molecule has 1 aromatic carbocycles. The smallest absolute Gasteiger partial charge is 0.316 e. The minimum atomic E-state index is -1.27. The lowest BCUT2D eigenvalue weighted by molar-refractivity contribution is -0.148. The number of hydrogen-bond donors (Lipinski definition) is 1. The Morgan fingerprint density at radius 3 is 2.63 bits per heavy atom. The van der Waals surface area contributed by atoms with Crippen LogP contribution in [0.2, 0.25) is 5.02 Å². The van der Waals surface area contributed by atoms with E-state index >= 15 is 0 Å². The summed E-state index contributed by atoms with van der Waals surface area (Å²) in [6, 6.07) is 4.88. The molecule has 0 spiro atoms. The zero-order valence-corrected chi connectivity index (χ0v) is 11.9. The molecule has 106 valence electrons. The van der Waals surface area contributed by atoms with Crippen LogP contribution in [0.15, 0.2) is 18.2 Å². The van der Waals surface area contributed by atoms with Crippen molar-refractivity contribution in [3.8, 4) is 5.75 Å². The number of halogens is 1. The van der Waals surface area contributed by atoms with Crippen molar-refractivity contribution in [1.82, 2.24) is 0 Å². The second-order valence-electron chi connectivity index (χ2n) is 4.24. The Labute approximate surface area is 117 Å². The molecule has 0 aliphatic rings. The average Bonchev–Trinajstić information content (AvgIpc) is 2.39. The first-order chi connectivity index (χ1) is 8.95. The molecule has 0 aromatic heterocycles. The molecule has 1 rings (SSSR count). The molecule has 0 unspecified atom stereocenters. The van der Waals surface area contributed by atoms with E-state index in [4.69, 9.17) is 25.8 Å². The van der Waals surface area contributed by atoms with Crippen molar-refractivity contribution in [1.29, 1.82) is 0 Å². The van der Waals surface area contributed by atoms with Gasteiger partial charge in [-0.3, -0.25) is 4.79 Å². The first-order valence-electron chi connectivity index (χ1n) is 5.59. The summed E-state index contributed by atoms with van der Waals surface area (Å²) in [5.41, 5.74) is -0.832. The highest BCUT2D eigenvalue weighted by Gasteiger charge is 2.37.